The van der Waals surface area contributed by atoms with Crippen LogP contribution in [0.2, 0.25) is 0 Å². The Morgan fingerprint density at radius 2 is 2.17 bits per heavy atom. The molecule has 1 unspecified atom stereocenters. The molecule has 0 spiro atoms. The van der Waals surface area contributed by atoms with Crippen molar-refractivity contribution >= 4 is 21.2 Å². The fourth-order valence-electron chi connectivity index (χ4n) is 1.49. The molecule has 4 nitrogen and oxygen atoms in total. The van der Waals surface area contributed by atoms with Gasteiger partial charge in [0.15, 0.2) is 9.84 Å². The van der Waals surface area contributed by atoms with Crippen molar-refractivity contribution in [3.63, 3.8) is 0 Å². The van der Waals surface area contributed by atoms with Gasteiger partial charge in [0, 0.05) is 23.7 Å². The molecule has 0 aromatic carbocycles. The van der Waals surface area contributed by atoms with E-state index in [1.54, 1.807) is 6.20 Å². The summed E-state index contributed by atoms with van der Waals surface area (Å²) in [5.74, 6) is 0.321. The van der Waals surface area contributed by atoms with Crippen LogP contribution in [0.25, 0.3) is 0 Å². The number of nitrogens with one attached hydrogen (secondary N) is 1. The summed E-state index contributed by atoms with van der Waals surface area (Å²) < 4.78 is 23.3. The van der Waals surface area contributed by atoms with Crippen LogP contribution in [0.15, 0.2) is 6.20 Å². The van der Waals surface area contributed by atoms with Crippen LogP contribution in [0, 0.1) is 0 Å². The van der Waals surface area contributed by atoms with Crippen molar-refractivity contribution in [2.75, 3.05) is 5.75 Å². The van der Waals surface area contributed by atoms with Gasteiger partial charge in [-0.25, -0.2) is 13.4 Å². The molecule has 104 valence electrons. The highest BCUT2D eigenvalue weighted by Gasteiger charge is 2.13. The van der Waals surface area contributed by atoms with E-state index in [4.69, 9.17) is 0 Å². The van der Waals surface area contributed by atoms with E-state index in [1.165, 1.54) is 11.3 Å². The van der Waals surface area contributed by atoms with E-state index in [1.807, 2.05) is 6.92 Å². The predicted molar refractivity (Wildman–Crippen MR) is 76.5 cm³/mol. The molecule has 1 N–H and O–H groups in total. The van der Waals surface area contributed by atoms with Crippen LogP contribution < -0.4 is 5.32 Å². The normalized spacial score (nSPS) is 13.7. The lowest BCUT2D eigenvalue weighted by molar-refractivity contribution is 0.537. The largest absolute Gasteiger partial charge is 0.309 e. The highest BCUT2D eigenvalue weighted by Crippen LogP contribution is 2.16. The third-order valence-electron chi connectivity index (χ3n) is 2.70. The zero-order valence-corrected chi connectivity index (χ0v) is 12.9. The zero-order chi connectivity index (χ0) is 13.6. The molecule has 0 saturated carbocycles. The van der Waals surface area contributed by atoms with E-state index < -0.39 is 9.84 Å². The number of thiazole rings is 1. The minimum absolute atomic E-state index is 0.0782. The first kappa shape index (κ1) is 15.6. The second-order valence-corrected chi connectivity index (χ2v) is 7.89. The van der Waals surface area contributed by atoms with Gasteiger partial charge in [-0.3, -0.25) is 0 Å². The van der Waals surface area contributed by atoms with E-state index in [9.17, 15) is 8.42 Å². The van der Waals surface area contributed by atoms with Crippen LogP contribution in [-0.4, -0.2) is 25.2 Å². The molecular formula is C12H22N2O2S2. The standard InChI is InChI=1S/C12H22N2O2S2/c1-4-6-18(15,16)9-12-14-8-11(17-12)7-13-10(3)5-2/h8,10,13H,4-7,9H2,1-3H3. The Balaban J connectivity index is 2.53. The summed E-state index contributed by atoms with van der Waals surface area (Å²) in [6.45, 7) is 6.90. The molecule has 0 amide bonds. The van der Waals surface area contributed by atoms with Gasteiger partial charge in [0.2, 0.25) is 0 Å². The third-order valence-corrected chi connectivity index (χ3v) is 5.62. The molecule has 0 aliphatic heterocycles. The second kappa shape index (κ2) is 7.21. The molecule has 0 bridgehead atoms. The van der Waals surface area contributed by atoms with Gasteiger partial charge in [-0.1, -0.05) is 13.8 Å². The Labute approximate surface area is 114 Å². The molecule has 0 fully saturated rings. The Kier molecular flexibility index (Phi) is 6.25. The highest BCUT2D eigenvalue weighted by atomic mass is 32.2. The van der Waals surface area contributed by atoms with Crippen LogP contribution in [0.1, 0.15) is 43.5 Å². The zero-order valence-electron chi connectivity index (χ0n) is 11.3. The summed E-state index contributed by atoms with van der Waals surface area (Å²) in [6.07, 6.45) is 3.52. The van der Waals surface area contributed by atoms with Crippen LogP contribution in [0.4, 0.5) is 0 Å². The summed E-state index contributed by atoms with van der Waals surface area (Å²) >= 11 is 1.49. The quantitative estimate of drug-likeness (QED) is 0.798. The average Bonchev–Trinajstić information content (AvgIpc) is 2.72. The molecule has 1 atom stereocenters. The predicted octanol–water partition coefficient (Wildman–Crippen LogP) is 2.36. The van der Waals surface area contributed by atoms with E-state index in [0.29, 0.717) is 17.5 Å². The van der Waals surface area contributed by atoms with Crippen LogP contribution >= 0.6 is 11.3 Å². The smallest absolute Gasteiger partial charge is 0.156 e. The number of nitrogens with zero attached hydrogens (tertiary/aromatic N) is 1. The van der Waals surface area contributed by atoms with Gasteiger partial charge in [0.25, 0.3) is 0 Å². The fraction of sp³-hybridized carbons (Fsp3) is 0.750. The minimum atomic E-state index is -2.98. The van der Waals surface area contributed by atoms with Gasteiger partial charge in [-0.15, -0.1) is 11.3 Å². The van der Waals surface area contributed by atoms with Crippen molar-refractivity contribution in [3.8, 4) is 0 Å². The van der Waals surface area contributed by atoms with Gasteiger partial charge in [0.05, 0.1) is 5.75 Å². The molecule has 0 aliphatic carbocycles. The minimum Gasteiger partial charge on any atom is -0.309 e. The maximum atomic E-state index is 11.7. The van der Waals surface area contributed by atoms with Gasteiger partial charge in [0.1, 0.15) is 10.8 Å². The van der Waals surface area contributed by atoms with Crippen molar-refractivity contribution < 1.29 is 8.42 Å². The Morgan fingerprint density at radius 1 is 1.44 bits per heavy atom. The summed E-state index contributed by atoms with van der Waals surface area (Å²) in [6, 6.07) is 0.472. The topological polar surface area (TPSA) is 59.1 Å². The maximum absolute atomic E-state index is 11.7. The average molecular weight is 290 g/mol. The summed E-state index contributed by atoms with van der Waals surface area (Å²) in [5.41, 5.74) is 0. The van der Waals surface area contributed by atoms with Crippen molar-refractivity contribution in [1.82, 2.24) is 10.3 Å². The lowest BCUT2D eigenvalue weighted by Gasteiger charge is -2.08. The van der Waals surface area contributed by atoms with E-state index in [0.717, 1.165) is 17.8 Å². The second-order valence-electron chi connectivity index (χ2n) is 4.50. The van der Waals surface area contributed by atoms with Crippen LogP contribution in [-0.2, 0) is 22.1 Å². The number of sulfone groups is 1. The number of rotatable bonds is 8. The number of hydrogen-bond donors (Lipinski definition) is 1. The monoisotopic (exact) mass is 290 g/mol. The summed E-state index contributed by atoms with van der Waals surface area (Å²) in [4.78, 5) is 5.28. The molecule has 0 aliphatic rings. The fourth-order valence-corrected chi connectivity index (χ4v) is 4.15. The molecule has 0 radical (unpaired) electrons. The highest BCUT2D eigenvalue weighted by molar-refractivity contribution is 7.90. The third kappa shape index (κ3) is 5.46. The summed E-state index contributed by atoms with van der Waals surface area (Å²) in [7, 11) is -2.98. The lowest BCUT2D eigenvalue weighted by Crippen LogP contribution is -2.23. The molecule has 1 aromatic heterocycles. The molecule has 1 rings (SSSR count). The van der Waals surface area contributed by atoms with Gasteiger partial charge < -0.3 is 5.32 Å². The summed E-state index contributed by atoms with van der Waals surface area (Å²) in [5, 5.41) is 4.07. The molecule has 18 heavy (non-hydrogen) atoms. The number of hydrogen-bond acceptors (Lipinski definition) is 5. The molecular weight excluding hydrogens is 268 g/mol. The van der Waals surface area contributed by atoms with E-state index in [-0.39, 0.29) is 11.5 Å². The first-order valence-electron chi connectivity index (χ1n) is 6.34. The van der Waals surface area contributed by atoms with Crippen LogP contribution in [0.3, 0.4) is 0 Å². The number of aromatic nitrogens is 1. The van der Waals surface area contributed by atoms with E-state index in [2.05, 4.69) is 24.1 Å². The Hall–Kier alpha value is -0.460. The van der Waals surface area contributed by atoms with Gasteiger partial charge in [-0.2, -0.15) is 0 Å². The van der Waals surface area contributed by atoms with E-state index >= 15 is 0 Å². The maximum Gasteiger partial charge on any atom is 0.156 e. The van der Waals surface area contributed by atoms with Crippen molar-refractivity contribution in [2.45, 2.75) is 52.0 Å². The molecule has 1 aromatic rings. The van der Waals surface area contributed by atoms with Gasteiger partial charge >= 0.3 is 0 Å². The molecule has 1 heterocycles. The first-order valence-corrected chi connectivity index (χ1v) is 8.98. The molecule has 0 saturated heterocycles. The Bertz CT molecular complexity index is 454. The van der Waals surface area contributed by atoms with Gasteiger partial charge in [-0.05, 0) is 19.8 Å². The van der Waals surface area contributed by atoms with Crippen molar-refractivity contribution in [2.24, 2.45) is 0 Å². The Morgan fingerprint density at radius 3 is 2.78 bits per heavy atom. The van der Waals surface area contributed by atoms with Crippen LogP contribution in [0.5, 0.6) is 0 Å². The van der Waals surface area contributed by atoms with Crippen molar-refractivity contribution in [1.29, 1.82) is 0 Å². The SMILES string of the molecule is CCCS(=O)(=O)Cc1ncc(CNC(C)CC)s1. The molecule has 6 heteroatoms. The lowest BCUT2D eigenvalue weighted by atomic mass is 10.2. The first-order chi connectivity index (χ1) is 8.46. The van der Waals surface area contributed by atoms with Crippen molar-refractivity contribution in [3.05, 3.63) is 16.1 Å².